The Hall–Kier alpha value is -2.63. The molecule has 0 aliphatic heterocycles. The second-order valence-electron chi connectivity index (χ2n) is 6.80. The van der Waals surface area contributed by atoms with Crippen molar-refractivity contribution in [2.75, 3.05) is 21.3 Å². The third kappa shape index (κ3) is 3.00. The lowest BCUT2D eigenvalue weighted by atomic mass is 9.74. The Morgan fingerprint density at radius 2 is 1.46 bits per heavy atom. The van der Waals surface area contributed by atoms with Crippen molar-refractivity contribution < 1.29 is 28.6 Å². The van der Waals surface area contributed by atoms with Gasteiger partial charge in [0.05, 0.1) is 26.7 Å². The van der Waals surface area contributed by atoms with E-state index in [2.05, 4.69) is 6.58 Å². The molecule has 6 heteroatoms. The van der Waals surface area contributed by atoms with Crippen molar-refractivity contribution in [2.24, 2.45) is 16.7 Å². The highest BCUT2D eigenvalue weighted by atomic mass is 16.5. The van der Waals surface area contributed by atoms with Gasteiger partial charge in [-0.3, -0.25) is 14.4 Å². The Bertz CT molecular complexity index is 707. The molecule has 2 rings (SSSR count). The monoisotopic (exact) mass is 360 g/mol. The standard InChI is InChI=1S/C20H24O6/c1-13(14-9-7-6-8-10-14)15-11-20(17(22)25-4,18(23)26-5)12-19(15,2)16(21)24-3/h6-10,15H,1,11-12H2,2-5H3/t15-,19+/m0/s1. The fourth-order valence-corrected chi connectivity index (χ4v) is 3.99. The number of carbonyl (C=O) groups excluding carboxylic acids is 3. The maximum absolute atomic E-state index is 12.6. The Labute approximate surface area is 153 Å². The van der Waals surface area contributed by atoms with Gasteiger partial charge < -0.3 is 14.2 Å². The van der Waals surface area contributed by atoms with Crippen LogP contribution in [0.3, 0.4) is 0 Å². The van der Waals surface area contributed by atoms with Crippen LogP contribution in [0.25, 0.3) is 5.57 Å². The van der Waals surface area contributed by atoms with E-state index in [0.29, 0.717) is 5.57 Å². The molecule has 1 aliphatic rings. The number of benzene rings is 1. The van der Waals surface area contributed by atoms with Gasteiger partial charge in [0.15, 0.2) is 5.41 Å². The molecule has 26 heavy (non-hydrogen) atoms. The fraction of sp³-hybridized carbons (Fsp3) is 0.450. The van der Waals surface area contributed by atoms with Crippen molar-refractivity contribution in [1.82, 2.24) is 0 Å². The van der Waals surface area contributed by atoms with Crippen LogP contribution in [-0.4, -0.2) is 39.2 Å². The molecule has 0 bridgehead atoms. The Morgan fingerprint density at radius 3 is 1.92 bits per heavy atom. The largest absolute Gasteiger partial charge is 0.469 e. The Balaban J connectivity index is 2.57. The maximum atomic E-state index is 12.6. The summed E-state index contributed by atoms with van der Waals surface area (Å²) in [7, 11) is 3.70. The molecule has 1 aliphatic carbocycles. The summed E-state index contributed by atoms with van der Waals surface area (Å²) in [4.78, 5) is 37.7. The molecular weight excluding hydrogens is 336 g/mol. The van der Waals surface area contributed by atoms with Crippen molar-refractivity contribution in [2.45, 2.75) is 19.8 Å². The highest BCUT2D eigenvalue weighted by Crippen LogP contribution is 2.58. The van der Waals surface area contributed by atoms with Crippen LogP contribution in [0.2, 0.25) is 0 Å². The lowest BCUT2D eigenvalue weighted by Gasteiger charge is -2.30. The zero-order chi connectivity index (χ0) is 19.5. The molecule has 1 saturated carbocycles. The summed E-state index contributed by atoms with van der Waals surface area (Å²) in [6.45, 7) is 5.83. The minimum Gasteiger partial charge on any atom is -0.469 e. The van der Waals surface area contributed by atoms with Crippen molar-refractivity contribution >= 4 is 23.5 Å². The minimum atomic E-state index is -1.57. The highest BCUT2D eigenvalue weighted by Gasteiger charge is 2.65. The van der Waals surface area contributed by atoms with Gasteiger partial charge in [-0.1, -0.05) is 36.9 Å². The highest BCUT2D eigenvalue weighted by molar-refractivity contribution is 6.02. The number of carbonyl (C=O) groups is 3. The van der Waals surface area contributed by atoms with Gasteiger partial charge in [0.1, 0.15) is 0 Å². The first-order valence-corrected chi connectivity index (χ1v) is 8.26. The lowest BCUT2D eigenvalue weighted by Crippen LogP contribution is -2.41. The zero-order valence-corrected chi connectivity index (χ0v) is 15.5. The van der Waals surface area contributed by atoms with E-state index in [9.17, 15) is 14.4 Å². The predicted molar refractivity (Wildman–Crippen MR) is 94.8 cm³/mol. The molecule has 0 radical (unpaired) electrons. The Kier molecular flexibility index (Phi) is 5.54. The SMILES string of the molecule is C=C(c1ccccc1)[C@@H]1CC(C(=O)OC)(C(=O)OC)C[C@@]1(C)C(=O)OC. The van der Waals surface area contributed by atoms with Gasteiger partial charge in [0.25, 0.3) is 0 Å². The van der Waals surface area contributed by atoms with E-state index < -0.39 is 34.7 Å². The normalized spacial score (nSPS) is 23.8. The van der Waals surface area contributed by atoms with E-state index in [1.807, 2.05) is 30.3 Å². The molecule has 0 saturated heterocycles. The number of hydrogen-bond acceptors (Lipinski definition) is 6. The third-order valence-corrected chi connectivity index (χ3v) is 5.36. The smallest absolute Gasteiger partial charge is 0.323 e. The van der Waals surface area contributed by atoms with Crippen LogP contribution in [0.15, 0.2) is 36.9 Å². The van der Waals surface area contributed by atoms with Crippen LogP contribution in [0.5, 0.6) is 0 Å². The number of esters is 3. The van der Waals surface area contributed by atoms with Gasteiger partial charge in [-0.2, -0.15) is 0 Å². The van der Waals surface area contributed by atoms with Crippen LogP contribution < -0.4 is 0 Å². The van der Waals surface area contributed by atoms with Crippen LogP contribution >= 0.6 is 0 Å². The summed E-state index contributed by atoms with van der Waals surface area (Å²) in [6.07, 6.45) is -0.00574. The van der Waals surface area contributed by atoms with E-state index in [-0.39, 0.29) is 12.8 Å². The van der Waals surface area contributed by atoms with E-state index in [1.54, 1.807) is 6.92 Å². The quantitative estimate of drug-likeness (QED) is 0.456. The van der Waals surface area contributed by atoms with Crippen molar-refractivity contribution in [1.29, 1.82) is 0 Å². The topological polar surface area (TPSA) is 78.9 Å². The lowest BCUT2D eigenvalue weighted by molar-refractivity contribution is -0.169. The van der Waals surface area contributed by atoms with E-state index in [0.717, 1.165) is 5.56 Å². The molecule has 0 heterocycles. The summed E-state index contributed by atoms with van der Waals surface area (Å²) in [6, 6.07) is 9.34. The van der Waals surface area contributed by atoms with E-state index in [4.69, 9.17) is 14.2 Å². The van der Waals surface area contributed by atoms with Gasteiger partial charge in [-0.15, -0.1) is 0 Å². The molecule has 0 aromatic heterocycles. The van der Waals surface area contributed by atoms with Gasteiger partial charge in [-0.05, 0) is 30.9 Å². The Morgan fingerprint density at radius 1 is 0.962 bits per heavy atom. The fourth-order valence-electron chi connectivity index (χ4n) is 3.99. The van der Waals surface area contributed by atoms with Crippen LogP contribution in [0.4, 0.5) is 0 Å². The predicted octanol–water partition coefficient (Wildman–Crippen LogP) is 2.62. The average Bonchev–Trinajstić information content (AvgIpc) is 3.01. The molecule has 0 spiro atoms. The van der Waals surface area contributed by atoms with Crippen molar-refractivity contribution in [3.8, 4) is 0 Å². The summed E-state index contributed by atoms with van der Waals surface area (Å²) in [5, 5.41) is 0. The molecule has 140 valence electrons. The first kappa shape index (κ1) is 19.7. The molecule has 2 atom stereocenters. The second kappa shape index (κ2) is 7.32. The summed E-state index contributed by atoms with van der Waals surface area (Å²) < 4.78 is 14.7. The van der Waals surface area contributed by atoms with Crippen LogP contribution in [-0.2, 0) is 28.6 Å². The number of allylic oxidation sites excluding steroid dienone is 1. The molecule has 0 N–H and O–H groups in total. The number of methoxy groups -OCH3 is 3. The number of ether oxygens (including phenoxy) is 3. The van der Waals surface area contributed by atoms with E-state index in [1.165, 1.54) is 21.3 Å². The second-order valence-corrected chi connectivity index (χ2v) is 6.80. The number of hydrogen-bond donors (Lipinski definition) is 0. The number of rotatable bonds is 5. The zero-order valence-electron chi connectivity index (χ0n) is 15.5. The molecule has 1 fully saturated rings. The molecule has 6 nitrogen and oxygen atoms in total. The first-order chi connectivity index (χ1) is 12.3. The summed E-state index contributed by atoms with van der Waals surface area (Å²) >= 11 is 0. The van der Waals surface area contributed by atoms with Crippen molar-refractivity contribution in [3.05, 3.63) is 42.5 Å². The average molecular weight is 360 g/mol. The summed E-state index contributed by atoms with van der Waals surface area (Å²) in [5.74, 6) is -2.43. The summed E-state index contributed by atoms with van der Waals surface area (Å²) in [5.41, 5.74) is -1.20. The van der Waals surface area contributed by atoms with Gasteiger partial charge >= 0.3 is 17.9 Å². The minimum absolute atomic E-state index is 0.0612. The molecule has 1 aromatic carbocycles. The van der Waals surface area contributed by atoms with Crippen LogP contribution in [0.1, 0.15) is 25.3 Å². The molecule has 0 amide bonds. The van der Waals surface area contributed by atoms with Gasteiger partial charge in [0.2, 0.25) is 0 Å². The maximum Gasteiger partial charge on any atom is 0.323 e. The molecule has 0 unspecified atom stereocenters. The molecular formula is C20H24O6. The third-order valence-electron chi connectivity index (χ3n) is 5.36. The van der Waals surface area contributed by atoms with E-state index >= 15 is 0 Å². The first-order valence-electron chi connectivity index (χ1n) is 8.26. The van der Waals surface area contributed by atoms with Gasteiger partial charge in [-0.25, -0.2) is 0 Å². The van der Waals surface area contributed by atoms with Crippen LogP contribution in [0, 0.1) is 16.7 Å². The van der Waals surface area contributed by atoms with Crippen molar-refractivity contribution in [3.63, 3.8) is 0 Å². The molecule has 1 aromatic rings. The van der Waals surface area contributed by atoms with Gasteiger partial charge in [0, 0.05) is 5.92 Å².